The number of carbonyl (C=O) groups is 1. The Morgan fingerprint density at radius 1 is 1.00 bits per heavy atom. The molecule has 1 N–H and O–H groups in total. The highest BCUT2D eigenvalue weighted by Gasteiger charge is 2.37. The maximum atomic E-state index is 12.6. The fraction of sp³-hybridized carbons (Fsp3) is 0.258. The van der Waals surface area contributed by atoms with E-state index in [2.05, 4.69) is 64.2 Å². The molecule has 1 aliphatic heterocycles. The van der Waals surface area contributed by atoms with Gasteiger partial charge in [-0.3, -0.25) is 4.79 Å². The molecule has 2 aliphatic rings. The number of nitrogens with one attached hydrogen (secondary N) is 1. The van der Waals surface area contributed by atoms with Gasteiger partial charge in [0, 0.05) is 42.8 Å². The number of imidazole rings is 1. The standard InChI is InChI=1S/C31H27N5O/c32-17-26-2-1-3-28-29(26)36(19-20-13-15-35(18-20)31(37)23-8-9-23)30(34-28)22-6-4-21(5-7-22)24-10-11-27-25(16-24)12-14-33-27/h1-7,10-12,14,16,20,23,33H,8-9,13,15,18-19H2/t20-/m1/s1. The summed E-state index contributed by atoms with van der Waals surface area (Å²) in [7, 11) is 0. The zero-order chi connectivity index (χ0) is 24.9. The molecule has 3 heterocycles. The van der Waals surface area contributed by atoms with Gasteiger partial charge in [-0.2, -0.15) is 5.26 Å². The molecular formula is C31H27N5O. The first-order valence-corrected chi connectivity index (χ1v) is 13.0. The molecule has 1 saturated carbocycles. The van der Waals surface area contributed by atoms with Crippen LogP contribution in [0.15, 0.2) is 72.9 Å². The van der Waals surface area contributed by atoms with E-state index in [0.29, 0.717) is 17.4 Å². The van der Waals surface area contributed by atoms with Gasteiger partial charge in [0.1, 0.15) is 11.9 Å². The van der Waals surface area contributed by atoms with E-state index in [4.69, 9.17) is 4.98 Å². The molecule has 2 fully saturated rings. The second-order valence-electron chi connectivity index (χ2n) is 10.4. The van der Waals surface area contributed by atoms with Crippen molar-refractivity contribution in [1.29, 1.82) is 5.26 Å². The number of rotatable bonds is 5. The van der Waals surface area contributed by atoms with Gasteiger partial charge in [-0.15, -0.1) is 0 Å². The molecule has 1 amide bonds. The van der Waals surface area contributed by atoms with Crippen LogP contribution in [0, 0.1) is 23.2 Å². The average molecular weight is 486 g/mol. The number of aromatic amines is 1. The third-order valence-electron chi connectivity index (χ3n) is 7.88. The summed E-state index contributed by atoms with van der Waals surface area (Å²) in [5.41, 5.74) is 6.83. The first-order valence-electron chi connectivity index (χ1n) is 13.0. The lowest BCUT2D eigenvalue weighted by Crippen LogP contribution is -2.30. The molecule has 1 saturated heterocycles. The summed E-state index contributed by atoms with van der Waals surface area (Å²) in [6, 6.07) is 25.2. The van der Waals surface area contributed by atoms with Crippen molar-refractivity contribution in [2.24, 2.45) is 11.8 Å². The molecule has 5 aromatic rings. The first-order chi connectivity index (χ1) is 18.2. The Morgan fingerprint density at radius 2 is 1.81 bits per heavy atom. The normalized spacial score (nSPS) is 17.5. The quantitative estimate of drug-likeness (QED) is 0.333. The predicted octanol–water partition coefficient (Wildman–Crippen LogP) is 5.98. The Kier molecular flexibility index (Phi) is 5.10. The van der Waals surface area contributed by atoms with Crippen molar-refractivity contribution < 1.29 is 4.79 Å². The second kappa shape index (κ2) is 8.63. The van der Waals surface area contributed by atoms with E-state index in [1.54, 1.807) is 0 Å². The Balaban J connectivity index is 1.24. The topological polar surface area (TPSA) is 77.7 Å². The molecule has 182 valence electrons. The molecule has 0 spiro atoms. The molecule has 6 nitrogen and oxygen atoms in total. The Morgan fingerprint density at radius 3 is 2.62 bits per heavy atom. The van der Waals surface area contributed by atoms with Crippen LogP contribution in [0.3, 0.4) is 0 Å². The average Bonchev–Trinajstić information content (AvgIpc) is 3.32. The summed E-state index contributed by atoms with van der Waals surface area (Å²) >= 11 is 0. The van der Waals surface area contributed by atoms with Crippen LogP contribution in [-0.2, 0) is 11.3 Å². The SMILES string of the molecule is N#Cc1cccc2nc(-c3ccc(-c4ccc5[nH]ccc5c4)cc3)n(C[C@@H]3CCN(C(=O)C4CC4)C3)c12. The second-order valence-corrected chi connectivity index (χ2v) is 10.4. The van der Waals surface area contributed by atoms with Crippen LogP contribution in [-0.4, -0.2) is 38.4 Å². The van der Waals surface area contributed by atoms with Crippen molar-refractivity contribution in [3.8, 4) is 28.6 Å². The van der Waals surface area contributed by atoms with Gasteiger partial charge in [0.15, 0.2) is 0 Å². The Hall–Kier alpha value is -4.37. The maximum Gasteiger partial charge on any atom is 0.225 e. The number of benzene rings is 3. The van der Waals surface area contributed by atoms with Crippen molar-refractivity contribution in [1.82, 2.24) is 19.4 Å². The number of nitriles is 1. The number of hydrogen-bond donors (Lipinski definition) is 1. The van der Waals surface area contributed by atoms with Crippen LogP contribution >= 0.6 is 0 Å². The molecule has 2 aromatic heterocycles. The molecule has 0 bridgehead atoms. The van der Waals surface area contributed by atoms with E-state index in [-0.39, 0.29) is 5.92 Å². The van der Waals surface area contributed by atoms with E-state index in [0.717, 1.165) is 72.4 Å². The summed E-state index contributed by atoms with van der Waals surface area (Å²) in [6.45, 7) is 2.35. The molecular weight excluding hydrogens is 458 g/mol. The highest BCUT2D eigenvalue weighted by molar-refractivity contribution is 5.87. The minimum Gasteiger partial charge on any atom is -0.361 e. The van der Waals surface area contributed by atoms with E-state index in [1.807, 2.05) is 29.3 Å². The summed E-state index contributed by atoms with van der Waals surface area (Å²) in [4.78, 5) is 22.9. The molecule has 0 radical (unpaired) electrons. The van der Waals surface area contributed by atoms with Gasteiger partial charge in [-0.25, -0.2) is 4.98 Å². The van der Waals surface area contributed by atoms with Crippen molar-refractivity contribution in [3.05, 3.63) is 78.5 Å². The lowest BCUT2D eigenvalue weighted by Gasteiger charge is -2.18. The number of nitrogens with zero attached hydrogens (tertiary/aromatic N) is 4. The van der Waals surface area contributed by atoms with Crippen LogP contribution in [0.5, 0.6) is 0 Å². The van der Waals surface area contributed by atoms with Crippen LogP contribution < -0.4 is 0 Å². The number of likely N-dealkylation sites (tertiary alicyclic amines) is 1. The van der Waals surface area contributed by atoms with E-state index in [9.17, 15) is 10.1 Å². The van der Waals surface area contributed by atoms with Gasteiger partial charge in [-0.1, -0.05) is 36.4 Å². The molecule has 3 aromatic carbocycles. The Labute approximate surface area is 215 Å². The fourth-order valence-corrected chi connectivity index (χ4v) is 5.75. The number of hydrogen-bond acceptors (Lipinski definition) is 3. The van der Waals surface area contributed by atoms with Gasteiger partial charge in [0.25, 0.3) is 0 Å². The smallest absolute Gasteiger partial charge is 0.225 e. The van der Waals surface area contributed by atoms with Crippen LogP contribution in [0.1, 0.15) is 24.8 Å². The lowest BCUT2D eigenvalue weighted by atomic mass is 10.0. The van der Waals surface area contributed by atoms with Crippen LogP contribution in [0.2, 0.25) is 0 Å². The van der Waals surface area contributed by atoms with Crippen LogP contribution in [0.4, 0.5) is 0 Å². The molecule has 6 heteroatoms. The van der Waals surface area contributed by atoms with Crippen LogP contribution in [0.25, 0.3) is 44.5 Å². The number of aromatic nitrogens is 3. The summed E-state index contributed by atoms with van der Waals surface area (Å²) in [6.07, 6.45) is 5.02. The summed E-state index contributed by atoms with van der Waals surface area (Å²) < 4.78 is 2.21. The van der Waals surface area contributed by atoms with Gasteiger partial charge in [0.2, 0.25) is 5.91 Å². The van der Waals surface area contributed by atoms with Crippen molar-refractivity contribution in [2.45, 2.75) is 25.8 Å². The van der Waals surface area contributed by atoms with E-state index < -0.39 is 0 Å². The number of carbonyl (C=O) groups excluding carboxylic acids is 1. The zero-order valence-electron chi connectivity index (χ0n) is 20.5. The number of fused-ring (bicyclic) bond motifs is 2. The largest absolute Gasteiger partial charge is 0.361 e. The molecule has 1 atom stereocenters. The minimum absolute atomic E-state index is 0.255. The van der Waals surface area contributed by atoms with Crippen molar-refractivity contribution in [2.75, 3.05) is 13.1 Å². The van der Waals surface area contributed by atoms with Gasteiger partial charge in [0.05, 0.1) is 16.6 Å². The molecule has 37 heavy (non-hydrogen) atoms. The predicted molar refractivity (Wildman–Crippen MR) is 145 cm³/mol. The van der Waals surface area contributed by atoms with Gasteiger partial charge >= 0.3 is 0 Å². The molecule has 0 unspecified atom stereocenters. The number of amides is 1. The number of H-pyrrole nitrogens is 1. The highest BCUT2D eigenvalue weighted by Crippen LogP contribution is 2.35. The minimum atomic E-state index is 0.255. The van der Waals surface area contributed by atoms with E-state index in [1.165, 1.54) is 10.9 Å². The monoisotopic (exact) mass is 485 g/mol. The third kappa shape index (κ3) is 3.88. The highest BCUT2D eigenvalue weighted by atomic mass is 16.2. The summed E-state index contributed by atoms with van der Waals surface area (Å²) in [5, 5.41) is 11.1. The van der Waals surface area contributed by atoms with E-state index >= 15 is 0 Å². The van der Waals surface area contributed by atoms with Gasteiger partial charge < -0.3 is 14.5 Å². The van der Waals surface area contributed by atoms with Gasteiger partial charge in [-0.05, 0) is 72.0 Å². The summed E-state index contributed by atoms with van der Waals surface area (Å²) in [5.74, 6) is 1.80. The fourth-order valence-electron chi connectivity index (χ4n) is 5.75. The number of para-hydroxylation sites is 1. The third-order valence-corrected chi connectivity index (χ3v) is 7.88. The maximum absolute atomic E-state index is 12.6. The Bertz CT molecular complexity index is 1680. The van der Waals surface area contributed by atoms with Crippen molar-refractivity contribution in [3.63, 3.8) is 0 Å². The first kappa shape index (κ1) is 21.9. The van der Waals surface area contributed by atoms with Crippen molar-refractivity contribution >= 4 is 27.8 Å². The molecule has 1 aliphatic carbocycles. The lowest BCUT2D eigenvalue weighted by molar-refractivity contribution is -0.131. The zero-order valence-corrected chi connectivity index (χ0v) is 20.5. The molecule has 7 rings (SSSR count).